The topological polar surface area (TPSA) is 82.1 Å². The second kappa shape index (κ2) is 6.98. The van der Waals surface area contributed by atoms with Gasteiger partial charge in [-0.05, 0) is 41.0 Å². The molecular weight excluding hydrogens is 290 g/mol. The number of hydrogen-bond acceptors (Lipinski definition) is 6. The van der Waals surface area contributed by atoms with E-state index in [4.69, 9.17) is 14.2 Å². The van der Waals surface area contributed by atoms with E-state index in [-0.39, 0.29) is 32.7 Å². The molecule has 1 amide bonds. The molecule has 1 rings (SSSR count). The van der Waals surface area contributed by atoms with Crippen molar-refractivity contribution in [1.29, 1.82) is 0 Å². The summed E-state index contributed by atoms with van der Waals surface area (Å²) in [4.78, 5) is 37.9. The van der Waals surface area contributed by atoms with Crippen molar-refractivity contribution in [2.45, 2.75) is 46.6 Å². The van der Waals surface area contributed by atoms with Gasteiger partial charge in [0.25, 0.3) is 0 Å². The predicted molar refractivity (Wildman–Crippen MR) is 78.1 cm³/mol. The van der Waals surface area contributed by atoms with Crippen molar-refractivity contribution < 1.29 is 28.6 Å². The number of nitrogens with zero attached hydrogens (tertiary/aromatic N) is 1. The number of amides is 1. The Morgan fingerprint density at radius 1 is 1.05 bits per heavy atom. The minimum atomic E-state index is -1.46. The van der Waals surface area contributed by atoms with E-state index in [2.05, 4.69) is 0 Å². The molecule has 0 N–H and O–H groups in total. The summed E-state index contributed by atoms with van der Waals surface area (Å²) in [6.07, 6.45) is -0.382. The Bertz CT molecular complexity index is 422. The van der Waals surface area contributed by atoms with Gasteiger partial charge in [-0.3, -0.25) is 9.59 Å². The van der Waals surface area contributed by atoms with Crippen LogP contribution in [-0.4, -0.2) is 54.8 Å². The Morgan fingerprint density at radius 2 is 1.55 bits per heavy atom. The SMILES string of the molecule is CCOC(=O)C1(C(=O)OCC)CCN(C(=O)OC(C)(C)C)C1. The smallest absolute Gasteiger partial charge is 0.410 e. The summed E-state index contributed by atoms with van der Waals surface area (Å²) in [6, 6.07) is 0. The van der Waals surface area contributed by atoms with Crippen molar-refractivity contribution in [3.8, 4) is 0 Å². The van der Waals surface area contributed by atoms with Crippen LogP contribution in [0.15, 0.2) is 0 Å². The van der Waals surface area contributed by atoms with Crippen LogP contribution in [0, 0.1) is 5.41 Å². The summed E-state index contributed by atoms with van der Waals surface area (Å²) in [5.41, 5.74) is -2.10. The predicted octanol–water partition coefficient (Wildman–Crippen LogP) is 1.74. The van der Waals surface area contributed by atoms with Crippen LogP contribution in [0.2, 0.25) is 0 Å². The van der Waals surface area contributed by atoms with Gasteiger partial charge in [0.1, 0.15) is 5.60 Å². The first-order valence-electron chi connectivity index (χ1n) is 7.48. The molecule has 1 aliphatic rings. The zero-order chi connectivity index (χ0) is 17.0. The van der Waals surface area contributed by atoms with Gasteiger partial charge in [0.2, 0.25) is 0 Å². The summed E-state index contributed by atoms with van der Waals surface area (Å²) in [6.45, 7) is 9.07. The molecule has 0 aromatic carbocycles. The van der Waals surface area contributed by atoms with Gasteiger partial charge in [-0.25, -0.2) is 4.79 Å². The Labute approximate surface area is 130 Å². The molecular formula is C15H25NO6. The fourth-order valence-corrected chi connectivity index (χ4v) is 2.25. The van der Waals surface area contributed by atoms with Gasteiger partial charge in [-0.1, -0.05) is 0 Å². The third kappa shape index (κ3) is 4.11. The number of ether oxygens (including phenoxy) is 3. The lowest BCUT2D eigenvalue weighted by atomic mass is 9.87. The van der Waals surface area contributed by atoms with Crippen LogP contribution in [0.5, 0.6) is 0 Å². The minimum Gasteiger partial charge on any atom is -0.465 e. The van der Waals surface area contributed by atoms with Crippen LogP contribution in [0.4, 0.5) is 4.79 Å². The van der Waals surface area contributed by atoms with Crippen molar-refractivity contribution in [1.82, 2.24) is 4.90 Å². The summed E-state index contributed by atoms with van der Waals surface area (Å²) in [5, 5.41) is 0. The molecule has 0 bridgehead atoms. The number of rotatable bonds is 4. The maximum absolute atomic E-state index is 12.2. The van der Waals surface area contributed by atoms with E-state index >= 15 is 0 Å². The lowest BCUT2D eigenvalue weighted by Gasteiger charge is -2.27. The van der Waals surface area contributed by atoms with Crippen LogP contribution in [0.1, 0.15) is 41.0 Å². The average Bonchev–Trinajstić information content (AvgIpc) is 2.83. The molecule has 126 valence electrons. The fraction of sp³-hybridized carbons (Fsp3) is 0.800. The molecule has 1 aliphatic heterocycles. The highest BCUT2D eigenvalue weighted by molar-refractivity contribution is 6.01. The van der Waals surface area contributed by atoms with Gasteiger partial charge < -0.3 is 19.1 Å². The molecule has 0 aromatic rings. The molecule has 0 saturated carbocycles. The highest BCUT2D eigenvalue weighted by Gasteiger charge is 2.55. The van der Waals surface area contributed by atoms with E-state index < -0.39 is 29.0 Å². The van der Waals surface area contributed by atoms with E-state index in [1.807, 2.05) is 0 Å². The van der Waals surface area contributed by atoms with Crippen molar-refractivity contribution in [3.63, 3.8) is 0 Å². The number of carbonyl (C=O) groups is 3. The van der Waals surface area contributed by atoms with Crippen LogP contribution in [0.25, 0.3) is 0 Å². The molecule has 7 nitrogen and oxygen atoms in total. The summed E-state index contributed by atoms with van der Waals surface area (Å²) < 4.78 is 15.3. The average molecular weight is 315 g/mol. The molecule has 22 heavy (non-hydrogen) atoms. The van der Waals surface area contributed by atoms with E-state index in [9.17, 15) is 14.4 Å². The number of carbonyl (C=O) groups excluding carboxylic acids is 3. The van der Waals surface area contributed by atoms with Gasteiger partial charge in [-0.15, -0.1) is 0 Å². The third-order valence-corrected chi connectivity index (χ3v) is 3.25. The van der Waals surface area contributed by atoms with E-state index in [0.29, 0.717) is 0 Å². The number of hydrogen-bond donors (Lipinski definition) is 0. The Hall–Kier alpha value is -1.79. The quantitative estimate of drug-likeness (QED) is 0.446. The zero-order valence-corrected chi connectivity index (χ0v) is 13.9. The van der Waals surface area contributed by atoms with Gasteiger partial charge in [-0.2, -0.15) is 0 Å². The first-order valence-corrected chi connectivity index (χ1v) is 7.48. The standard InChI is InChI=1S/C15H25NO6/c1-6-20-11(17)15(12(18)21-7-2)8-9-16(10-15)13(19)22-14(3,4)5/h6-10H2,1-5H3. The molecule has 7 heteroatoms. The minimum absolute atomic E-state index is 0.0837. The maximum Gasteiger partial charge on any atom is 0.410 e. The number of likely N-dealkylation sites (tertiary alicyclic amines) is 1. The second-order valence-corrected chi connectivity index (χ2v) is 6.17. The van der Waals surface area contributed by atoms with Gasteiger partial charge in [0.05, 0.1) is 19.8 Å². The lowest BCUT2D eigenvalue weighted by molar-refractivity contribution is -0.170. The Kier molecular flexibility index (Phi) is 5.79. The van der Waals surface area contributed by atoms with E-state index in [1.165, 1.54) is 4.90 Å². The van der Waals surface area contributed by atoms with Crippen LogP contribution in [0.3, 0.4) is 0 Å². The summed E-state index contributed by atoms with van der Waals surface area (Å²) >= 11 is 0. The highest BCUT2D eigenvalue weighted by atomic mass is 16.6. The van der Waals surface area contributed by atoms with E-state index in [1.54, 1.807) is 34.6 Å². The van der Waals surface area contributed by atoms with Crippen LogP contribution >= 0.6 is 0 Å². The second-order valence-electron chi connectivity index (χ2n) is 6.17. The summed E-state index contributed by atoms with van der Waals surface area (Å²) in [7, 11) is 0. The van der Waals surface area contributed by atoms with Crippen molar-refractivity contribution in [2.24, 2.45) is 5.41 Å². The van der Waals surface area contributed by atoms with Crippen LogP contribution < -0.4 is 0 Å². The molecule has 0 atom stereocenters. The summed E-state index contributed by atoms with van der Waals surface area (Å²) in [5.74, 6) is -1.31. The Balaban J connectivity index is 2.91. The highest BCUT2D eigenvalue weighted by Crippen LogP contribution is 2.34. The molecule has 0 aliphatic carbocycles. The molecule has 0 aromatic heterocycles. The molecule has 0 unspecified atom stereocenters. The monoisotopic (exact) mass is 315 g/mol. The number of esters is 2. The lowest BCUT2D eigenvalue weighted by Crippen LogP contribution is -2.45. The first kappa shape index (κ1) is 18.3. The van der Waals surface area contributed by atoms with Crippen molar-refractivity contribution >= 4 is 18.0 Å². The van der Waals surface area contributed by atoms with E-state index in [0.717, 1.165) is 0 Å². The zero-order valence-electron chi connectivity index (χ0n) is 13.9. The van der Waals surface area contributed by atoms with Gasteiger partial charge in [0.15, 0.2) is 5.41 Å². The molecule has 0 spiro atoms. The molecule has 1 saturated heterocycles. The maximum atomic E-state index is 12.2. The molecule has 1 fully saturated rings. The first-order chi connectivity index (χ1) is 10.2. The Morgan fingerprint density at radius 3 is 1.95 bits per heavy atom. The van der Waals surface area contributed by atoms with Gasteiger partial charge >= 0.3 is 18.0 Å². The van der Waals surface area contributed by atoms with Crippen molar-refractivity contribution in [2.75, 3.05) is 26.3 Å². The molecule has 0 radical (unpaired) electrons. The van der Waals surface area contributed by atoms with Crippen LogP contribution in [-0.2, 0) is 23.8 Å². The third-order valence-electron chi connectivity index (χ3n) is 3.25. The largest absolute Gasteiger partial charge is 0.465 e. The fourth-order valence-electron chi connectivity index (χ4n) is 2.25. The normalized spacial score (nSPS) is 17.0. The van der Waals surface area contributed by atoms with Gasteiger partial charge in [0, 0.05) is 6.54 Å². The molecule has 1 heterocycles. The van der Waals surface area contributed by atoms with Crippen molar-refractivity contribution in [3.05, 3.63) is 0 Å².